The van der Waals surface area contributed by atoms with Crippen LogP contribution in [0.5, 0.6) is 0 Å². The first kappa shape index (κ1) is 5.97. The summed E-state index contributed by atoms with van der Waals surface area (Å²) in [5.74, 6) is 0. The molecule has 0 heterocycles. The lowest BCUT2D eigenvalue weighted by Gasteiger charge is -2.13. The van der Waals surface area contributed by atoms with Crippen molar-refractivity contribution in [2.45, 2.75) is 12.8 Å². The first-order chi connectivity index (χ1) is 3.84. The van der Waals surface area contributed by atoms with E-state index in [0.29, 0.717) is 0 Å². The van der Waals surface area contributed by atoms with Crippen molar-refractivity contribution in [1.29, 1.82) is 0 Å². The second kappa shape index (κ2) is 2.41. The fourth-order valence-electron chi connectivity index (χ4n) is 0.605. The Balaban J connectivity index is 2.47. The first-order valence-corrected chi connectivity index (χ1v) is 3.84. The molecule has 0 aromatic rings. The summed E-state index contributed by atoms with van der Waals surface area (Å²) in [6.45, 7) is 0. The molecule has 0 fully saturated rings. The van der Waals surface area contributed by atoms with Gasteiger partial charge in [0.05, 0.1) is 0 Å². The second-order valence-electron chi connectivity index (χ2n) is 1.76. The first-order valence-electron chi connectivity index (χ1n) is 2.62. The predicted octanol–water partition coefficient (Wildman–Crippen LogP) is 0.331. The summed E-state index contributed by atoms with van der Waals surface area (Å²) in [6, 6.07) is 0. The zero-order chi connectivity index (χ0) is 5.98. The number of thiocarbonyl (C=S) groups is 1. The summed E-state index contributed by atoms with van der Waals surface area (Å²) in [7, 11) is 0.727. The van der Waals surface area contributed by atoms with Gasteiger partial charge in [-0.15, -0.1) is 0 Å². The maximum atomic E-state index is 4.96. The van der Waals surface area contributed by atoms with Crippen LogP contribution >= 0.6 is 12.2 Å². The van der Waals surface area contributed by atoms with Crippen LogP contribution in [0.25, 0.3) is 0 Å². The molecule has 1 rings (SSSR count). The molecule has 3 heteroatoms. The molecule has 0 saturated carbocycles. The molecular weight excluding hydrogens is 136 g/mol. The minimum atomic E-state index is 0.725. The van der Waals surface area contributed by atoms with E-state index >= 15 is 0 Å². The minimum absolute atomic E-state index is 0.725. The van der Waals surface area contributed by atoms with Crippen molar-refractivity contribution in [1.82, 2.24) is 0 Å². The van der Waals surface area contributed by atoms with E-state index in [9.17, 15) is 0 Å². The van der Waals surface area contributed by atoms with E-state index in [0.717, 1.165) is 22.0 Å². The van der Waals surface area contributed by atoms with Crippen LogP contribution in [0.2, 0.25) is 0 Å². The smallest absolute Gasteiger partial charge is 0.205 e. The van der Waals surface area contributed by atoms with Crippen LogP contribution in [0, 0.1) is 0 Å². The molecule has 1 aliphatic carbocycles. The van der Waals surface area contributed by atoms with Gasteiger partial charge in [0.15, 0.2) is 5.05 Å². The molecule has 0 radical (unpaired) electrons. The van der Waals surface area contributed by atoms with E-state index in [1.165, 1.54) is 12.0 Å². The Hall–Kier alpha value is -0.153. The summed E-state index contributed by atoms with van der Waals surface area (Å²) in [5, 5.41) is 0.725. The van der Waals surface area contributed by atoms with Crippen LogP contribution in [0.1, 0.15) is 12.8 Å². The molecule has 0 saturated heterocycles. The highest BCUT2D eigenvalue weighted by molar-refractivity contribution is 7.80. The fraction of sp³-hybridized carbons (Fsp3) is 0.400. The lowest BCUT2D eigenvalue weighted by molar-refractivity contribution is 0.619. The van der Waals surface area contributed by atoms with Crippen molar-refractivity contribution in [3.63, 3.8) is 0 Å². The van der Waals surface area contributed by atoms with Crippen molar-refractivity contribution >= 4 is 27.8 Å². The molecular formula is C5H8OSSi. The number of rotatable bonds is 1. The predicted molar refractivity (Wildman–Crippen MR) is 40.9 cm³/mol. The Bertz CT molecular complexity index is 141. The lowest BCUT2D eigenvalue weighted by Crippen LogP contribution is -2.07. The summed E-state index contributed by atoms with van der Waals surface area (Å²) < 4.78 is 4.96. The molecule has 1 aliphatic rings. The third-order valence-electron chi connectivity index (χ3n) is 1.25. The Labute approximate surface area is 57.3 Å². The third kappa shape index (κ3) is 0.979. The van der Waals surface area contributed by atoms with E-state index in [1.54, 1.807) is 0 Å². The normalized spacial score (nSPS) is 16.8. The average molecular weight is 144 g/mol. The van der Waals surface area contributed by atoms with Gasteiger partial charge in [-0.25, -0.2) is 0 Å². The standard InChI is InChI=1S/C5H8OSSi/c7-5(6-8)4-2-1-3-4/h2H,1,3H2,8H3. The van der Waals surface area contributed by atoms with Gasteiger partial charge in [0, 0.05) is 5.57 Å². The highest BCUT2D eigenvalue weighted by atomic mass is 32.1. The van der Waals surface area contributed by atoms with Crippen LogP contribution < -0.4 is 0 Å². The van der Waals surface area contributed by atoms with Crippen molar-refractivity contribution in [3.05, 3.63) is 11.6 Å². The fourth-order valence-corrected chi connectivity index (χ4v) is 1.05. The number of allylic oxidation sites excluding steroid dienone is 1. The van der Waals surface area contributed by atoms with Gasteiger partial charge in [0.25, 0.3) is 0 Å². The summed E-state index contributed by atoms with van der Waals surface area (Å²) in [4.78, 5) is 0. The van der Waals surface area contributed by atoms with Crippen LogP contribution in [0.4, 0.5) is 0 Å². The molecule has 0 N–H and O–H groups in total. The molecule has 0 atom stereocenters. The molecule has 1 nitrogen and oxygen atoms in total. The number of hydrogen-bond acceptors (Lipinski definition) is 2. The van der Waals surface area contributed by atoms with Crippen molar-refractivity contribution in [2.24, 2.45) is 0 Å². The summed E-state index contributed by atoms with van der Waals surface area (Å²) >= 11 is 4.87. The third-order valence-corrected chi connectivity index (χ3v) is 2.38. The minimum Gasteiger partial charge on any atom is -0.546 e. The SMILES string of the molecule is [SiH3]OC(=S)C1=CCC1. The average Bonchev–Trinajstić information content (AvgIpc) is 1.62. The molecule has 0 bridgehead atoms. The van der Waals surface area contributed by atoms with E-state index in [2.05, 4.69) is 6.08 Å². The second-order valence-corrected chi connectivity index (χ2v) is 2.54. The topological polar surface area (TPSA) is 9.23 Å². The van der Waals surface area contributed by atoms with Gasteiger partial charge >= 0.3 is 0 Å². The highest BCUT2D eigenvalue weighted by Gasteiger charge is 2.09. The molecule has 0 aliphatic heterocycles. The van der Waals surface area contributed by atoms with Gasteiger partial charge < -0.3 is 4.43 Å². The highest BCUT2D eigenvalue weighted by Crippen LogP contribution is 2.19. The maximum absolute atomic E-state index is 4.96. The van der Waals surface area contributed by atoms with Gasteiger partial charge in [-0.3, -0.25) is 0 Å². The van der Waals surface area contributed by atoms with Crippen LogP contribution in [0.3, 0.4) is 0 Å². The quantitative estimate of drug-likeness (QED) is 0.387. The Morgan fingerprint density at radius 2 is 2.50 bits per heavy atom. The molecule has 44 valence electrons. The molecule has 0 aromatic carbocycles. The van der Waals surface area contributed by atoms with E-state index in [4.69, 9.17) is 16.6 Å². The van der Waals surface area contributed by atoms with Crippen molar-refractivity contribution in [2.75, 3.05) is 0 Å². The monoisotopic (exact) mass is 144 g/mol. The van der Waals surface area contributed by atoms with E-state index < -0.39 is 0 Å². The molecule has 0 spiro atoms. The summed E-state index contributed by atoms with van der Waals surface area (Å²) in [6.07, 6.45) is 4.43. The van der Waals surface area contributed by atoms with Gasteiger partial charge in [-0.05, 0) is 25.1 Å². The van der Waals surface area contributed by atoms with E-state index in [1.807, 2.05) is 0 Å². The van der Waals surface area contributed by atoms with Gasteiger partial charge in [0.2, 0.25) is 10.5 Å². The van der Waals surface area contributed by atoms with Crippen LogP contribution in [-0.2, 0) is 4.43 Å². The van der Waals surface area contributed by atoms with Crippen LogP contribution in [-0.4, -0.2) is 15.5 Å². The zero-order valence-corrected chi connectivity index (χ0v) is 7.62. The largest absolute Gasteiger partial charge is 0.546 e. The zero-order valence-electron chi connectivity index (χ0n) is 4.81. The van der Waals surface area contributed by atoms with Crippen LogP contribution in [0.15, 0.2) is 11.6 Å². The van der Waals surface area contributed by atoms with Gasteiger partial charge in [-0.2, -0.15) is 0 Å². The maximum Gasteiger partial charge on any atom is 0.205 e. The molecule has 0 amide bonds. The molecule has 0 aromatic heterocycles. The Morgan fingerprint density at radius 3 is 2.62 bits per heavy atom. The van der Waals surface area contributed by atoms with Gasteiger partial charge in [0.1, 0.15) is 0 Å². The van der Waals surface area contributed by atoms with Crippen molar-refractivity contribution in [3.8, 4) is 0 Å². The molecule has 0 unspecified atom stereocenters. The lowest BCUT2D eigenvalue weighted by atomic mass is 10.0. The van der Waals surface area contributed by atoms with Gasteiger partial charge in [-0.1, -0.05) is 6.08 Å². The number of hydrogen-bond donors (Lipinski definition) is 0. The Morgan fingerprint density at radius 1 is 1.88 bits per heavy atom. The van der Waals surface area contributed by atoms with Crippen molar-refractivity contribution < 1.29 is 4.43 Å². The summed E-state index contributed by atoms with van der Waals surface area (Å²) in [5.41, 5.74) is 1.23. The van der Waals surface area contributed by atoms with E-state index in [-0.39, 0.29) is 0 Å². The Kier molecular flexibility index (Phi) is 1.80. The molecule has 8 heavy (non-hydrogen) atoms.